The van der Waals surface area contributed by atoms with E-state index in [1.165, 1.54) is 12.1 Å². The first-order valence-electron chi connectivity index (χ1n) is 8.93. The Bertz CT molecular complexity index is 651. The molecule has 0 aromatic heterocycles. The molecule has 1 amide bonds. The largest absolute Gasteiger partial charge is 0.493 e. The molecule has 1 fully saturated rings. The minimum absolute atomic E-state index is 0.00363. The summed E-state index contributed by atoms with van der Waals surface area (Å²) in [7, 11) is 0. The molecule has 0 bridgehead atoms. The van der Waals surface area contributed by atoms with E-state index < -0.39 is 23.4 Å². The maximum absolute atomic E-state index is 12.9. The average Bonchev–Trinajstić information content (AvgIpc) is 2.52. The Morgan fingerprint density at radius 1 is 1.19 bits per heavy atom. The molecule has 0 spiro atoms. The Hall–Kier alpha value is -1.44. The number of halogens is 4. The minimum atomic E-state index is -4.43. The fourth-order valence-corrected chi connectivity index (χ4v) is 3.44. The Labute approximate surface area is 165 Å². The average molecular weight is 452 g/mol. The number of amides is 1. The third-order valence-electron chi connectivity index (χ3n) is 4.30. The molecule has 1 N–H and O–H groups in total. The van der Waals surface area contributed by atoms with Crippen molar-refractivity contribution in [1.82, 2.24) is 5.32 Å². The van der Waals surface area contributed by atoms with Crippen LogP contribution in [0.15, 0.2) is 22.7 Å². The van der Waals surface area contributed by atoms with Crippen LogP contribution in [-0.4, -0.2) is 24.3 Å². The lowest BCUT2D eigenvalue weighted by atomic mass is 9.86. The SMILES string of the molecule is CC(C)(C)OC(=O)NC1CCC(COc2ccc(Br)c(C(F)(F)F)c2)CC1. The molecule has 8 heteroatoms. The summed E-state index contributed by atoms with van der Waals surface area (Å²) in [4.78, 5) is 11.8. The van der Waals surface area contributed by atoms with Gasteiger partial charge >= 0.3 is 12.3 Å². The number of rotatable bonds is 4. The highest BCUT2D eigenvalue weighted by atomic mass is 79.9. The van der Waals surface area contributed by atoms with E-state index >= 15 is 0 Å². The Morgan fingerprint density at radius 3 is 2.37 bits per heavy atom. The first-order valence-corrected chi connectivity index (χ1v) is 9.72. The molecular weight excluding hydrogens is 427 g/mol. The molecule has 0 atom stereocenters. The van der Waals surface area contributed by atoms with Crippen LogP contribution < -0.4 is 10.1 Å². The van der Waals surface area contributed by atoms with Crippen molar-refractivity contribution in [2.45, 2.75) is 64.3 Å². The summed E-state index contributed by atoms with van der Waals surface area (Å²) in [6.45, 7) is 5.80. The molecule has 1 aliphatic carbocycles. The van der Waals surface area contributed by atoms with Crippen molar-refractivity contribution in [2.24, 2.45) is 5.92 Å². The van der Waals surface area contributed by atoms with Crippen molar-refractivity contribution in [3.8, 4) is 5.75 Å². The number of ether oxygens (including phenoxy) is 2. The van der Waals surface area contributed by atoms with Gasteiger partial charge in [-0.2, -0.15) is 13.2 Å². The number of alkyl halides is 3. The molecule has 0 unspecified atom stereocenters. The van der Waals surface area contributed by atoms with Crippen LogP contribution >= 0.6 is 15.9 Å². The zero-order valence-corrected chi connectivity index (χ0v) is 17.2. The third kappa shape index (κ3) is 7.24. The van der Waals surface area contributed by atoms with Gasteiger partial charge < -0.3 is 14.8 Å². The van der Waals surface area contributed by atoms with Gasteiger partial charge in [0.15, 0.2) is 0 Å². The van der Waals surface area contributed by atoms with E-state index in [4.69, 9.17) is 9.47 Å². The summed E-state index contributed by atoms with van der Waals surface area (Å²) >= 11 is 2.92. The van der Waals surface area contributed by atoms with Crippen molar-refractivity contribution >= 4 is 22.0 Å². The third-order valence-corrected chi connectivity index (χ3v) is 4.99. The highest BCUT2D eigenvalue weighted by Crippen LogP contribution is 2.37. The van der Waals surface area contributed by atoms with Gasteiger partial charge in [0.25, 0.3) is 0 Å². The molecule has 0 saturated heterocycles. The Balaban J connectivity index is 1.79. The molecule has 1 saturated carbocycles. The highest BCUT2D eigenvalue weighted by Gasteiger charge is 2.33. The Kier molecular flexibility index (Phi) is 7.05. The van der Waals surface area contributed by atoms with Gasteiger partial charge in [0, 0.05) is 10.5 Å². The number of nitrogens with one attached hydrogen (secondary N) is 1. The summed E-state index contributed by atoms with van der Waals surface area (Å²) in [5, 5.41) is 2.87. The second-order valence-corrected chi connectivity index (χ2v) is 8.67. The minimum Gasteiger partial charge on any atom is -0.493 e. The number of carbonyl (C=O) groups excluding carboxylic acids is 1. The van der Waals surface area contributed by atoms with E-state index in [0.717, 1.165) is 31.7 Å². The van der Waals surface area contributed by atoms with Gasteiger partial charge in [0.1, 0.15) is 11.4 Å². The molecule has 1 aromatic rings. The van der Waals surface area contributed by atoms with E-state index in [1.54, 1.807) is 0 Å². The van der Waals surface area contributed by atoms with E-state index in [0.29, 0.717) is 6.61 Å². The summed E-state index contributed by atoms with van der Waals surface area (Å²) < 4.78 is 49.7. The van der Waals surface area contributed by atoms with Crippen LogP contribution in [0, 0.1) is 5.92 Å². The van der Waals surface area contributed by atoms with Crippen LogP contribution in [0.1, 0.15) is 52.0 Å². The van der Waals surface area contributed by atoms with Gasteiger partial charge in [-0.3, -0.25) is 0 Å². The predicted molar refractivity (Wildman–Crippen MR) is 99.8 cm³/mol. The van der Waals surface area contributed by atoms with Gasteiger partial charge in [0.2, 0.25) is 0 Å². The van der Waals surface area contributed by atoms with Crippen LogP contribution in [0.25, 0.3) is 0 Å². The van der Waals surface area contributed by atoms with Gasteiger partial charge in [-0.25, -0.2) is 4.79 Å². The topological polar surface area (TPSA) is 47.6 Å². The summed E-state index contributed by atoms with van der Waals surface area (Å²) in [6.07, 6.45) is -1.59. The molecule has 152 valence electrons. The smallest absolute Gasteiger partial charge is 0.417 e. The molecule has 4 nitrogen and oxygen atoms in total. The molecule has 0 heterocycles. The Morgan fingerprint density at radius 2 is 1.81 bits per heavy atom. The van der Waals surface area contributed by atoms with Gasteiger partial charge in [-0.15, -0.1) is 0 Å². The molecule has 0 radical (unpaired) electrons. The van der Waals surface area contributed by atoms with Gasteiger partial charge in [-0.05, 0) is 70.6 Å². The van der Waals surface area contributed by atoms with E-state index in [9.17, 15) is 18.0 Å². The van der Waals surface area contributed by atoms with E-state index in [-0.39, 0.29) is 22.2 Å². The predicted octanol–water partition coefficient (Wildman–Crippen LogP) is 5.93. The van der Waals surface area contributed by atoms with Crippen molar-refractivity contribution in [3.05, 3.63) is 28.2 Å². The molecule has 1 aliphatic rings. The molecule has 2 rings (SSSR count). The van der Waals surface area contributed by atoms with E-state index in [2.05, 4.69) is 21.2 Å². The number of carbonyl (C=O) groups is 1. The monoisotopic (exact) mass is 451 g/mol. The fraction of sp³-hybridized carbons (Fsp3) is 0.632. The fourth-order valence-electron chi connectivity index (χ4n) is 2.97. The first kappa shape index (κ1) is 21.9. The van der Waals surface area contributed by atoms with Gasteiger partial charge in [-0.1, -0.05) is 15.9 Å². The zero-order chi connectivity index (χ0) is 20.2. The summed E-state index contributed by atoms with van der Waals surface area (Å²) in [5.41, 5.74) is -1.28. The quantitative estimate of drug-likeness (QED) is 0.616. The number of hydrogen-bond donors (Lipinski definition) is 1. The van der Waals surface area contributed by atoms with Crippen molar-refractivity contribution in [1.29, 1.82) is 0 Å². The second-order valence-electron chi connectivity index (χ2n) is 7.81. The van der Waals surface area contributed by atoms with Crippen molar-refractivity contribution in [3.63, 3.8) is 0 Å². The standard InChI is InChI=1S/C19H25BrF3NO3/c1-18(2,3)27-17(25)24-13-6-4-12(5-7-13)11-26-14-8-9-16(20)15(10-14)19(21,22)23/h8-10,12-13H,4-7,11H2,1-3H3,(H,24,25). The maximum atomic E-state index is 12.9. The summed E-state index contributed by atoms with van der Waals surface area (Å²) in [5.74, 6) is 0.458. The second kappa shape index (κ2) is 8.71. The summed E-state index contributed by atoms with van der Waals surface area (Å²) in [6, 6.07) is 3.94. The molecule has 1 aromatic carbocycles. The maximum Gasteiger partial charge on any atom is 0.417 e. The van der Waals surface area contributed by atoms with Crippen LogP contribution in [-0.2, 0) is 10.9 Å². The van der Waals surface area contributed by atoms with Crippen molar-refractivity contribution < 1.29 is 27.4 Å². The van der Waals surface area contributed by atoms with Crippen LogP contribution in [0.3, 0.4) is 0 Å². The molecule has 27 heavy (non-hydrogen) atoms. The van der Waals surface area contributed by atoms with Crippen LogP contribution in [0.4, 0.5) is 18.0 Å². The number of alkyl carbamates (subject to hydrolysis) is 1. The lowest BCUT2D eigenvalue weighted by Crippen LogP contribution is -2.41. The van der Waals surface area contributed by atoms with Gasteiger partial charge in [0.05, 0.1) is 12.2 Å². The lowest BCUT2D eigenvalue weighted by Gasteiger charge is -2.30. The number of hydrogen-bond acceptors (Lipinski definition) is 3. The molecular formula is C19H25BrF3NO3. The van der Waals surface area contributed by atoms with Crippen molar-refractivity contribution in [2.75, 3.05) is 6.61 Å². The first-order chi connectivity index (χ1) is 12.4. The normalized spacial score (nSPS) is 20.9. The zero-order valence-electron chi connectivity index (χ0n) is 15.7. The van der Waals surface area contributed by atoms with E-state index in [1.807, 2.05) is 20.8 Å². The van der Waals surface area contributed by atoms with Crippen LogP contribution in [0.5, 0.6) is 5.75 Å². The lowest BCUT2D eigenvalue weighted by molar-refractivity contribution is -0.138. The molecule has 0 aliphatic heterocycles. The van der Waals surface area contributed by atoms with Crippen LogP contribution in [0.2, 0.25) is 0 Å². The number of benzene rings is 1. The highest BCUT2D eigenvalue weighted by molar-refractivity contribution is 9.10.